The lowest BCUT2D eigenvalue weighted by atomic mass is 10.0. The first kappa shape index (κ1) is 12.7. The van der Waals surface area contributed by atoms with Crippen LogP contribution in [0.3, 0.4) is 0 Å². The molecule has 0 saturated heterocycles. The number of rotatable bonds is 3. The molecule has 0 amide bonds. The fourth-order valence-corrected chi connectivity index (χ4v) is 1.81. The summed E-state index contributed by atoms with van der Waals surface area (Å²) in [7, 11) is 0. The molecule has 0 aliphatic rings. The molecule has 0 aliphatic carbocycles. The Morgan fingerprint density at radius 1 is 1.62 bits per heavy atom. The Balaban J connectivity index is 3.35. The second-order valence-corrected chi connectivity index (χ2v) is 3.85. The molecule has 16 heavy (non-hydrogen) atoms. The van der Waals surface area contributed by atoms with Crippen molar-refractivity contribution in [2.75, 3.05) is 6.61 Å². The minimum atomic E-state index is -0.513. The minimum Gasteiger partial charge on any atom is -0.462 e. The second-order valence-electron chi connectivity index (χ2n) is 2.99. The summed E-state index contributed by atoms with van der Waals surface area (Å²) in [4.78, 5) is 11.7. The number of nitriles is 1. The van der Waals surface area contributed by atoms with Crippen LogP contribution in [0.15, 0.2) is 16.6 Å². The van der Waals surface area contributed by atoms with Crippen molar-refractivity contribution < 1.29 is 9.53 Å². The van der Waals surface area contributed by atoms with Crippen LogP contribution in [0.1, 0.15) is 28.4 Å². The monoisotopic (exact) mass is 282 g/mol. The summed E-state index contributed by atoms with van der Waals surface area (Å²) in [6.45, 7) is 2.19. The highest BCUT2D eigenvalue weighted by Crippen LogP contribution is 2.24. The van der Waals surface area contributed by atoms with Gasteiger partial charge in [-0.15, -0.1) is 0 Å². The highest BCUT2D eigenvalue weighted by atomic mass is 79.9. The van der Waals surface area contributed by atoms with Crippen molar-refractivity contribution in [3.63, 3.8) is 0 Å². The molecule has 0 aromatic heterocycles. The Hall–Kier alpha value is -1.38. The van der Waals surface area contributed by atoms with Crippen LogP contribution in [0.5, 0.6) is 0 Å². The van der Waals surface area contributed by atoms with Crippen molar-refractivity contribution in [2.45, 2.75) is 13.5 Å². The van der Waals surface area contributed by atoms with E-state index in [1.54, 1.807) is 19.1 Å². The predicted molar refractivity (Wildman–Crippen MR) is 62.7 cm³/mol. The van der Waals surface area contributed by atoms with Crippen LogP contribution >= 0.6 is 15.9 Å². The van der Waals surface area contributed by atoms with Gasteiger partial charge in [-0.3, -0.25) is 0 Å². The van der Waals surface area contributed by atoms with Gasteiger partial charge in [-0.1, -0.05) is 6.07 Å². The number of hydrogen-bond donors (Lipinski definition) is 1. The summed E-state index contributed by atoms with van der Waals surface area (Å²) in [6, 6.07) is 5.39. The van der Waals surface area contributed by atoms with Gasteiger partial charge in [-0.05, 0) is 34.5 Å². The lowest BCUT2D eigenvalue weighted by Crippen LogP contribution is -2.11. The van der Waals surface area contributed by atoms with E-state index in [1.165, 1.54) is 0 Å². The fraction of sp³-hybridized carbons (Fsp3) is 0.273. The normalized spacial score (nSPS) is 9.62. The van der Waals surface area contributed by atoms with Gasteiger partial charge in [0, 0.05) is 11.0 Å². The van der Waals surface area contributed by atoms with E-state index in [4.69, 9.17) is 15.7 Å². The molecular formula is C11H11BrN2O2. The fourth-order valence-electron chi connectivity index (χ4n) is 1.32. The number of hydrogen-bond acceptors (Lipinski definition) is 4. The molecule has 0 heterocycles. The number of carbonyl (C=O) groups is 1. The third-order valence-corrected chi connectivity index (χ3v) is 2.71. The Kier molecular flexibility index (Phi) is 4.47. The lowest BCUT2D eigenvalue weighted by molar-refractivity contribution is 0.0525. The number of carbonyl (C=O) groups excluding carboxylic acids is 1. The van der Waals surface area contributed by atoms with E-state index in [0.717, 1.165) is 0 Å². The second kappa shape index (κ2) is 5.64. The number of benzene rings is 1. The highest BCUT2D eigenvalue weighted by Gasteiger charge is 2.19. The molecule has 2 N–H and O–H groups in total. The Morgan fingerprint density at radius 3 is 2.81 bits per heavy atom. The summed E-state index contributed by atoms with van der Waals surface area (Å²) in [5.74, 6) is -0.513. The molecule has 0 bridgehead atoms. The van der Waals surface area contributed by atoms with Crippen LogP contribution in [-0.4, -0.2) is 12.6 Å². The first-order valence-corrected chi connectivity index (χ1v) is 5.53. The molecule has 0 saturated carbocycles. The molecule has 84 valence electrons. The van der Waals surface area contributed by atoms with Gasteiger partial charge >= 0.3 is 5.97 Å². The largest absolute Gasteiger partial charge is 0.462 e. The number of esters is 1. The third-order valence-electron chi connectivity index (χ3n) is 2.05. The van der Waals surface area contributed by atoms with E-state index in [2.05, 4.69) is 15.9 Å². The highest BCUT2D eigenvalue weighted by molar-refractivity contribution is 9.10. The van der Waals surface area contributed by atoms with Gasteiger partial charge in [0.25, 0.3) is 0 Å². The first-order chi connectivity index (χ1) is 7.65. The number of nitrogens with two attached hydrogens (primary N) is 1. The zero-order valence-electron chi connectivity index (χ0n) is 8.79. The van der Waals surface area contributed by atoms with Crippen LogP contribution in [0.25, 0.3) is 0 Å². The molecule has 1 rings (SSSR count). The molecule has 1 aromatic rings. The van der Waals surface area contributed by atoms with E-state index >= 15 is 0 Å². The molecule has 0 unspecified atom stereocenters. The van der Waals surface area contributed by atoms with Gasteiger partial charge in [0.15, 0.2) is 0 Å². The van der Waals surface area contributed by atoms with Gasteiger partial charge in [-0.25, -0.2) is 4.79 Å². The number of nitrogens with zero attached hydrogens (tertiary/aromatic N) is 1. The van der Waals surface area contributed by atoms with E-state index in [1.807, 2.05) is 6.07 Å². The van der Waals surface area contributed by atoms with Crippen molar-refractivity contribution in [3.05, 3.63) is 33.3 Å². The number of ether oxygens (including phenoxy) is 1. The zero-order chi connectivity index (χ0) is 12.1. The standard InChI is InChI=1S/C11H11BrN2O2/c1-2-16-11(15)10-8(6-14)7(5-13)3-4-9(10)12/h3-4H,2,5,13H2,1H3. The summed E-state index contributed by atoms with van der Waals surface area (Å²) < 4.78 is 5.43. The van der Waals surface area contributed by atoms with Crippen molar-refractivity contribution in [1.82, 2.24) is 0 Å². The molecule has 0 fully saturated rings. The van der Waals surface area contributed by atoms with E-state index in [9.17, 15) is 4.79 Å². The maximum atomic E-state index is 11.7. The average molecular weight is 283 g/mol. The molecular weight excluding hydrogens is 272 g/mol. The predicted octanol–water partition coefficient (Wildman–Crippen LogP) is 1.96. The molecule has 0 aliphatic heterocycles. The van der Waals surface area contributed by atoms with Crippen molar-refractivity contribution >= 4 is 21.9 Å². The molecule has 5 heteroatoms. The quantitative estimate of drug-likeness (QED) is 0.860. The van der Waals surface area contributed by atoms with Gasteiger partial charge in [0.1, 0.15) is 6.07 Å². The van der Waals surface area contributed by atoms with Crippen LogP contribution < -0.4 is 5.73 Å². The summed E-state index contributed by atoms with van der Waals surface area (Å²) in [5, 5.41) is 9.04. The van der Waals surface area contributed by atoms with E-state index in [-0.39, 0.29) is 24.3 Å². The van der Waals surface area contributed by atoms with Crippen molar-refractivity contribution in [3.8, 4) is 6.07 Å². The van der Waals surface area contributed by atoms with Gasteiger partial charge in [0.2, 0.25) is 0 Å². The zero-order valence-corrected chi connectivity index (χ0v) is 10.4. The summed E-state index contributed by atoms with van der Waals surface area (Å²) >= 11 is 3.23. The average Bonchev–Trinajstić information content (AvgIpc) is 2.28. The maximum Gasteiger partial charge on any atom is 0.340 e. The Labute approximate surface area is 102 Å². The first-order valence-electron chi connectivity index (χ1n) is 4.74. The van der Waals surface area contributed by atoms with E-state index in [0.29, 0.717) is 10.0 Å². The van der Waals surface area contributed by atoms with Gasteiger partial charge < -0.3 is 10.5 Å². The Morgan fingerprint density at radius 2 is 2.31 bits per heavy atom. The topological polar surface area (TPSA) is 76.1 Å². The molecule has 0 spiro atoms. The van der Waals surface area contributed by atoms with Crippen LogP contribution in [0, 0.1) is 11.3 Å². The van der Waals surface area contributed by atoms with Gasteiger partial charge in [-0.2, -0.15) is 5.26 Å². The lowest BCUT2D eigenvalue weighted by Gasteiger charge is -2.09. The summed E-state index contributed by atoms with van der Waals surface area (Å²) in [6.07, 6.45) is 0. The Bertz CT molecular complexity index is 452. The molecule has 0 atom stereocenters. The number of halogens is 1. The van der Waals surface area contributed by atoms with Gasteiger partial charge in [0.05, 0.1) is 17.7 Å². The molecule has 0 radical (unpaired) electrons. The SMILES string of the molecule is CCOC(=O)c1c(Br)ccc(CN)c1C#N. The molecule has 1 aromatic carbocycles. The van der Waals surface area contributed by atoms with Crippen LogP contribution in [-0.2, 0) is 11.3 Å². The van der Waals surface area contributed by atoms with Crippen molar-refractivity contribution in [2.24, 2.45) is 5.73 Å². The van der Waals surface area contributed by atoms with Crippen LogP contribution in [0.4, 0.5) is 0 Å². The summed E-state index contributed by atoms with van der Waals surface area (Å²) in [5.41, 5.74) is 6.65. The smallest absolute Gasteiger partial charge is 0.340 e. The van der Waals surface area contributed by atoms with E-state index < -0.39 is 5.97 Å². The van der Waals surface area contributed by atoms with Crippen LogP contribution in [0.2, 0.25) is 0 Å². The third kappa shape index (κ3) is 2.40. The molecule has 4 nitrogen and oxygen atoms in total. The maximum absolute atomic E-state index is 11.7. The minimum absolute atomic E-state index is 0.211. The van der Waals surface area contributed by atoms with Crippen molar-refractivity contribution in [1.29, 1.82) is 5.26 Å².